The fraction of sp³-hybridized carbons (Fsp3) is 0.600. The lowest BCUT2D eigenvalue weighted by atomic mass is 10.0. The minimum atomic E-state index is -1.06. The van der Waals surface area contributed by atoms with Crippen molar-refractivity contribution in [2.24, 2.45) is 0 Å². The van der Waals surface area contributed by atoms with Crippen molar-refractivity contribution in [2.75, 3.05) is 6.73 Å². The number of rotatable bonds is 2. The van der Waals surface area contributed by atoms with Crippen molar-refractivity contribution in [3.05, 3.63) is 0 Å². The van der Waals surface area contributed by atoms with E-state index in [1.54, 1.807) is 0 Å². The van der Waals surface area contributed by atoms with Crippen LogP contribution < -0.4 is 0 Å². The zero-order chi connectivity index (χ0) is 7.72. The molecule has 0 bridgehead atoms. The van der Waals surface area contributed by atoms with Crippen molar-refractivity contribution in [3.8, 4) is 0 Å². The fourth-order valence-corrected chi connectivity index (χ4v) is 0.852. The lowest BCUT2D eigenvalue weighted by Gasteiger charge is -2.35. The molecule has 0 saturated carbocycles. The molecule has 0 aliphatic carbocycles. The molecule has 5 heteroatoms. The molecule has 0 aromatic heterocycles. The molecule has 1 rings (SSSR count). The Labute approximate surface area is 56.9 Å². The SMILES string of the molecule is O=C(O)C1CC(=O)N1CO. The fourth-order valence-electron chi connectivity index (χ4n) is 0.852. The Hall–Kier alpha value is -1.10. The van der Waals surface area contributed by atoms with Crippen LogP contribution in [0.5, 0.6) is 0 Å². The maximum Gasteiger partial charge on any atom is 0.327 e. The summed E-state index contributed by atoms with van der Waals surface area (Å²) in [6.45, 7) is -0.504. The highest BCUT2D eigenvalue weighted by atomic mass is 16.4. The van der Waals surface area contributed by atoms with Gasteiger partial charge < -0.3 is 15.1 Å². The molecule has 1 saturated heterocycles. The number of aliphatic hydroxyl groups excluding tert-OH is 1. The zero-order valence-electron chi connectivity index (χ0n) is 5.15. The third-order valence-electron chi connectivity index (χ3n) is 1.50. The molecule has 1 amide bonds. The Morgan fingerprint density at radius 2 is 2.40 bits per heavy atom. The number of hydrogen-bond acceptors (Lipinski definition) is 3. The van der Waals surface area contributed by atoms with Crippen molar-refractivity contribution in [1.29, 1.82) is 0 Å². The molecule has 0 aromatic rings. The van der Waals surface area contributed by atoms with Crippen LogP contribution in [-0.4, -0.2) is 39.8 Å². The summed E-state index contributed by atoms with van der Waals surface area (Å²) in [5, 5.41) is 16.8. The van der Waals surface area contributed by atoms with Gasteiger partial charge in [-0.2, -0.15) is 0 Å². The van der Waals surface area contributed by atoms with Gasteiger partial charge in [-0.15, -0.1) is 0 Å². The maximum absolute atomic E-state index is 10.5. The quantitative estimate of drug-likeness (QED) is 0.469. The van der Waals surface area contributed by atoms with Gasteiger partial charge in [-0.1, -0.05) is 0 Å². The van der Waals surface area contributed by atoms with E-state index in [2.05, 4.69) is 0 Å². The van der Waals surface area contributed by atoms with Gasteiger partial charge >= 0.3 is 5.97 Å². The van der Waals surface area contributed by atoms with Crippen LogP contribution in [0.4, 0.5) is 0 Å². The molecular formula is C5H7NO4. The number of carbonyl (C=O) groups is 2. The molecule has 0 spiro atoms. The smallest absolute Gasteiger partial charge is 0.327 e. The summed E-state index contributed by atoms with van der Waals surface area (Å²) in [5.74, 6) is -1.37. The second kappa shape index (κ2) is 2.26. The van der Waals surface area contributed by atoms with Crippen molar-refractivity contribution < 1.29 is 19.8 Å². The summed E-state index contributed by atoms with van der Waals surface area (Å²) >= 11 is 0. The summed E-state index contributed by atoms with van der Waals surface area (Å²) in [4.78, 5) is 21.6. The molecule has 2 N–H and O–H groups in total. The van der Waals surface area contributed by atoms with Crippen molar-refractivity contribution in [3.63, 3.8) is 0 Å². The van der Waals surface area contributed by atoms with Gasteiger partial charge in [0.1, 0.15) is 12.8 Å². The monoisotopic (exact) mass is 145 g/mol. The highest BCUT2D eigenvalue weighted by Crippen LogP contribution is 2.17. The van der Waals surface area contributed by atoms with Gasteiger partial charge in [-0.3, -0.25) is 4.79 Å². The van der Waals surface area contributed by atoms with Gasteiger partial charge in [0.2, 0.25) is 5.91 Å². The number of likely N-dealkylation sites (tertiary alicyclic amines) is 1. The average molecular weight is 145 g/mol. The van der Waals surface area contributed by atoms with Gasteiger partial charge in [0.15, 0.2) is 0 Å². The first kappa shape index (κ1) is 7.01. The number of hydrogen-bond donors (Lipinski definition) is 2. The molecule has 56 valence electrons. The van der Waals surface area contributed by atoms with Crippen LogP contribution in [0.3, 0.4) is 0 Å². The van der Waals surface area contributed by atoms with E-state index in [1.807, 2.05) is 0 Å². The third-order valence-corrected chi connectivity index (χ3v) is 1.50. The molecule has 0 radical (unpaired) electrons. The second-order valence-corrected chi connectivity index (χ2v) is 2.06. The van der Waals surface area contributed by atoms with Crippen LogP contribution in [0.2, 0.25) is 0 Å². The van der Waals surface area contributed by atoms with E-state index in [-0.39, 0.29) is 12.3 Å². The predicted molar refractivity (Wildman–Crippen MR) is 30.0 cm³/mol. The van der Waals surface area contributed by atoms with Crippen LogP contribution >= 0.6 is 0 Å². The largest absolute Gasteiger partial charge is 0.480 e. The lowest BCUT2D eigenvalue weighted by molar-refractivity contribution is -0.167. The molecular weight excluding hydrogens is 138 g/mol. The Bertz CT molecular complexity index is 170. The van der Waals surface area contributed by atoms with Crippen LogP contribution in [0.25, 0.3) is 0 Å². The van der Waals surface area contributed by atoms with Crippen LogP contribution in [0.1, 0.15) is 6.42 Å². The molecule has 1 fully saturated rings. The van der Waals surface area contributed by atoms with Gasteiger partial charge in [-0.05, 0) is 0 Å². The Balaban J connectivity index is 2.53. The predicted octanol–water partition coefficient (Wildman–Crippen LogP) is -1.38. The van der Waals surface area contributed by atoms with Crippen molar-refractivity contribution in [2.45, 2.75) is 12.5 Å². The standard InChI is InChI=1S/C5H7NO4/c7-2-6-3(5(9)10)1-4(6)8/h3,7H,1-2H2,(H,9,10). The summed E-state index contributed by atoms with van der Waals surface area (Å²) in [6, 6.07) is -0.808. The van der Waals surface area contributed by atoms with Crippen LogP contribution in [0, 0.1) is 0 Å². The van der Waals surface area contributed by atoms with E-state index < -0.39 is 18.7 Å². The molecule has 0 aromatic carbocycles. The van der Waals surface area contributed by atoms with E-state index in [0.29, 0.717) is 0 Å². The minimum Gasteiger partial charge on any atom is -0.480 e. The maximum atomic E-state index is 10.5. The van der Waals surface area contributed by atoms with Gasteiger partial charge in [0, 0.05) is 0 Å². The van der Waals surface area contributed by atoms with E-state index in [9.17, 15) is 9.59 Å². The Kier molecular flexibility index (Phi) is 1.58. The first-order valence-electron chi connectivity index (χ1n) is 2.80. The molecule has 1 aliphatic rings. The van der Waals surface area contributed by atoms with Gasteiger partial charge in [0.05, 0.1) is 6.42 Å². The minimum absolute atomic E-state index is 0.00981. The highest BCUT2D eigenvalue weighted by molar-refractivity contribution is 5.94. The molecule has 1 heterocycles. The van der Waals surface area contributed by atoms with E-state index in [4.69, 9.17) is 10.2 Å². The van der Waals surface area contributed by atoms with E-state index in [0.717, 1.165) is 4.90 Å². The first-order chi connectivity index (χ1) is 4.66. The Morgan fingerprint density at radius 3 is 2.60 bits per heavy atom. The number of aliphatic hydroxyl groups is 1. The number of nitrogens with zero attached hydrogens (tertiary/aromatic N) is 1. The van der Waals surface area contributed by atoms with E-state index in [1.165, 1.54) is 0 Å². The normalized spacial score (nSPS) is 24.3. The number of β-lactam (4-membered cyclic amide) rings is 1. The van der Waals surface area contributed by atoms with Crippen molar-refractivity contribution in [1.82, 2.24) is 4.90 Å². The topological polar surface area (TPSA) is 77.8 Å². The lowest BCUT2D eigenvalue weighted by Crippen LogP contribution is -2.56. The summed E-state index contributed by atoms with van der Waals surface area (Å²) in [5.41, 5.74) is 0. The van der Waals surface area contributed by atoms with E-state index >= 15 is 0 Å². The van der Waals surface area contributed by atoms with Gasteiger partial charge in [-0.25, -0.2) is 4.79 Å². The zero-order valence-corrected chi connectivity index (χ0v) is 5.15. The summed E-state index contributed by atoms with van der Waals surface area (Å²) in [6.07, 6.45) is 0.00981. The van der Waals surface area contributed by atoms with Gasteiger partial charge in [0.25, 0.3) is 0 Å². The summed E-state index contributed by atoms with van der Waals surface area (Å²) in [7, 11) is 0. The van der Waals surface area contributed by atoms with Crippen molar-refractivity contribution >= 4 is 11.9 Å². The van der Waals surface area contributed by atoms with Crippen LogP contribution in [-0.2, 0) is 9.59 Å². The molecule has 1 atom stereocenters. The molecule has 1 unspecified atom stereocenters. The number of carboxylic acid groups (broad SMARTS) is 1. The number of amides is 1. The summed E-state index contributed by atoms with van der Waals surface area (Å²) < 4.78 is 0. The molecule has 10 heavy (non-hydrogen) atoms. The van der Waals surface area contributed by atoms with Crippen LogP contribution in [0.15, 0.2) is 0 Å². The second-order valence-electron chi connectivity index (χ2n) is 2.06. The Morgan fingerprint density at radius 1 is 1.80 bits per heavy atom. The third kappa shape index (κ3) is 0.841. The number of carbonyl (C=O) groups excluding carboxylic acids is 1. The average Bonchev–Trinajstić information content (AvgIpc) is 1.83. The highest BCUT2D eigenvalue weighted by Gasteiger charge is 2.40. The molecule has 1 aliphatic heterocycles. The number of aliphatic carboxylic acids is 1. The first-order valence-corrected chi connectivity index (χ1v) is 2.80. The molecule has 5 nitrogen and oxygen atoms in total. The number of carboxylic acids is 1.